The van der Waals surface area contributed by atoms with E-state index in [1.807, 2.05) is 12.1 Å². The quantitative estimate of drug-likeness (QED) is 0.832. The fraction of sp³-hybridized carbons (Fsp3) is 0.200. The lowest BCUT2D eigenvalue weighted by atomic mass is 10.0. The highest BCUT2D eigenvalue weighted by molar-refractivity contribution is 6.01. The van der Waals surface area contributed by atoms with Gasteiger partial charge >= 0.3 is 0 Å². The third-order valence-corrected chi connectivity index (χ3v) is 3.19. The fourth-order valence-corrected chi connectivity index (χ4v) is 2.28. The van der Waals surface area contributed by atoms with Crippen LogP contribution in [0.4, 0.5) is 11.5 Å². The van der Waals surface area contributed by atoms with Gasteiger partial charge in [-0.15, -0.1) is 0 Å². The van der Waals surface area contributed by atoms with E-state index in [-0.39, 0.29) is 12.2 Å². The van der Waals surface area contributed by atoms with Crippen molar-refractivity contribution >= 4 is 17.3 Å². The van der Waals surface area contributed by atoms with Crippen LogP contribution in [0.15, 0.2) is 36.5 Å². The number of nitrogens with two attached hydrogens (primary N) is 1. The lowest BCUT2D eigenvalue weighted by Crippen LogP contribution is -2.20. The van der Waals surface area contributed by atoms with Crippen LogP contribution in [0.5, 0.6) is 5.75 Å². The summed E-state index contributed by atoms with van der Waals surface area (Å²) in [5, 5.41) is 3.22. The molecule has 2 heterocycles. The van der Waals surface area contributed by atoms with Crippen LogP contribution in [0.1, 0.15) is 15.9 Å². The molecule has 3 rings (SSSR count). The number of fused-ring (bicyclic) bond motifs is 1. The fourth-order valence-electron chi connectivity index (χ4n) is 2.28. The topological polar surface area (TPSA) is 77.2 Å². The second-order valence-electron chi connectivity index (χ2n) is 4.65. The number of rotatable bonds is 3. The first-order valence-corrected chi connectivity index (χ1v) is 6.47. The van der Waals surface area contributed by atoms with Crippen LogP contribution in [0.2, 0.25) is 0 Å². The summed E-state index contributed by atoms with van der Waals surface area (Å²) in [5.74, 6) is 1.07. The molecule has 0 unspecified atom stereocenters. The number of Topliss-reactive ketones (excluding diaryl/α,β-unsaturated/α-hetero) is 1. The number of carbonyl (C=O) groups excluding carboxylic acids is 1. The zero-order valence-electron chi connectivity index (χ0n) is 10.9. The molecule has 0 amide bonds. The zero-order chi connectivity index (χ0) is 13.9. The van der Waals surface area contributed by atoms with Crippen LogP contribution in [0.3, 0.4) is 0 Å². The lowest BCUT2D eigenvalue weighted by molar-refractivity contribution is 0.0989. The van der Waals surface area contributed by atoms with Gasteiger partial charge in [-0.3, -0.25) is 4.79 Å². The minimum absolute atomic E-state index is 0.0103. The van der Waals surface area contributed by atoms with Gasteiger partial charge in [0, 0.05) is 19.2 Å². The van der Waals surface area contributed by atoms with Gasteiger partial charge in [0.05, 0.1) is 11.3 Å². The average molecular weight is 269 g/mol. The molecule has 2 aromatic rings. The summed E-state index contributed by atoms with van der Waals surface area (Å²) in [4.78, 5) is 16.4. The number of pyridine rings is 1. The number of ether oxygens (including phenoxy) is 1. The van der Waals surface area contributed by atoms with Crippen LogP contribution in [0, 0.1) is 0 Å². The highest BCUT2D eigenvalue weighted by Crippen LogP contribution is 2.32. The molecule has 5 heteroatoms. The highest BCUT2D eigenvalue weighted by Gasteiger charge is 2.19. The van der Waals surface area contributed by atoms with Crippen LogP contribution in [0.25, 0.3) is 0 Å². The molecule has 0 bridgehead atoms. The van der Waals surface area contributed by atoms with E-state index in [2.05, 4.69) is 10.3 Å². The minimum Gasteiger partial charge on any atom is -0.489 e. The van der Waals surface area contributed by atoms with E-state index in [0.717, 1.165) is 17.8 Å². The van der Waals surface area contributed by atoms with Gasteiger partial charge in [-0.25, -0.2) is 4.98 Å². The molecule has 1 aromatic heterocycles. The number of nitrogens with one attached hydrogen (secondary N) is 1. The molecule has 0 saturated carbocycles. The average Bonchev–Trinajstić information content (AvgIpc) is 2.46. The van der Waals surface area contributed by atoms with Crippen LogP contribution >= 0.6 is 0 Å². The second-order valence-corrected chi connectivity index (χ2v) is 4.65. The molecule has 0 atom stereocenters. The van der Waals surface area contributed by atoms with Gasteiger partial charge in [0.2, 0.25) is 0 Å². The first-order valence-electron chi connectivity index (χ1n) is 6.47. The van der Waals surface area contributed by atoms with Gasteiger partial charge in [-0.05, 0) is 29.8 Å². The maximum absolute atomic E-state index is 12.4. The van der Waals surface area contributed by atoms with E-state index in [1.165, 1.54) is 0 Å². The Balaban J connectivity index is 1.88. The van der Waals surface area contributed by atoms with Gasteiger partial charge in [-0.2, -0.15) is 0 Å². The number of carbonyl (C=O) groups is 1. The zero-order valence-corrected chi connectivity index (χ0v) is 10.9. The SMILES string of the molecule is Nc1cc(CC(=O)c2cccc3c2OCCN3)ccn1. The van der Waals surface area contributed by atoms with Gasteiger partial charge in [-0.1, -0.05) is 6.07 Å². The first kappa shape index (κ1) is 12.5. The van der Waals surface area contributed by atoms with Gasteiger partial charge in [0.1, 0.15) is 12.4 Å². The van der Waals surface area contributed by atoms with Crippen molar-refractivity contribution in [1.82, 2.24) is 4.98 Å². The number of para-hydroxylation sites is 1. The van der Waals surface area contributed by atoms with Crippen molar-refractivity contribution in [3.8, 4) is 5.75 Å². The van der Waals surface area contributed by atoms with Gasteiger partial charge < -0.3 is 15.8 Å². The van der Waals surface area contributed by atoms with Crippen molar-refractivity contribution in [3.63, 3.8) is 0 Å². The van der Waals surface area contributed by atoms with Gasteiger partial charge in [0.25, 0.3) is 0 Å². The Bertz CT molecular complexity index is 655. The Morgan fingerprint density at radius 3 is 3.15 bits per heavy atom. The summed E-state index contributed by atoms with van der Waals surface area (Å²) < 4.78 is 5.62. The maximum atomic E-state index is 12.4. The minimum atomic E-state index is 0.0103. The summed E-state index contributed by atoms with van der Waals surface area (Å²) in [6.07, 6.45) is 1.89. The van der Waals surface area contributed by atoms with Crippen molar-refractivity contribution in [3.05, 3.63) is 47.7 Å². The third-order valence-electron chi connectivity index (χ3n) is 3.19. The standard InChI is InChI=1S/C15H15N3O2/c16-14-9-10(4-5-18-14)8-13(19)11-2-1-3-12-15(11)20-7-6-17-12/h1-5,9,17H,6-8H2,(H2,16,18). The number of anilines is 2. The van der Waals surface area contributed by atoms with Crippen molar-refractivity contribution in [2.75, 3.05) is 24.2 Å². The number of aromatic nitrogens is 1. The molecule has 0 fully saturated rings. The third kappa shape index (κ3) is 2.42. The molecule has 1 aliphatic rings. The Morgan fingerprint density at radius 1 is 1.40 bits per heavy atom. The highest BCUT2D eigenvalue weighted by atomic mass is 16.5. The molecule has 0 saturated heterocycles. The molecule has 0 radical (unpaired) electrons. The number of hydrogen-bond acceptors (Lipinski definition) is 5. The van der Waals surface area contributed by atoms with E-state index in [1.54, 1.807) is 24.4 Å². The molecular formula is C15H15N3O2. The molecule has 0 aliphatic carbocycles. The predicted molar refractivity (Wildman–Crippen MR) is 77.1 cm³/mol. The van der Waals surface area contributed by atoms with Crippen LogP contribution in [-0.4, -0.2) is 23.9 Å². The number of ketones is 1. The number of nitrogens with zero attached hydrogens (tertiary/aromatic N) is 1. The number of hydrogen-bond donors (Lipinski definition) is 2. The normalized spacial score (nSPS) is 13.0. The molecule has 1 aromatic carbocycles. The van der Waals surface area contributed by atoms with Gasteiger partial charge in [0.15, 0.2) is 11.5 Å². The molecule has 102 valence electrons. The lowest BCUT2D eigenvalue weighted by Gasteiger charge is -2.21. The van der Waals surface area contributed by atoms with Crippen molar-refractivity contribution in [2.24, 2.45) is 0 Å². The first-order chi connectivity index (χ1) is 9.74. The summed E-state index contributed by atoms with van der Waals surface area (Å²) in [6, 6.07) is 9.07. The van der Waals surface area contributed by atoms with Crippen molar-refractivity contribution in [2.45, 2.75) is 6.42 Å². The molecule has 3 N–H and O–H groups in total. The second kappa shape index (κ2) is 5.21. The molecule has 1 aliphatic heterocycles. The smallest absolute Gasteiger partial charge is 0.171 e. The van der Waals surface area contributed by atoms with Crippen LogP contribution < -0.4 is 15.8 Å². The molecule has 20 heavy (non-hydrogen) atoms. The Morgan fingerprint density at radius 2 is 2.30 bits per heavy atom. The Hall–Kier alpha value is -2.56. The summed E-state index contributed by atoms with van der Waals surface area (Å²) >= 11 is 0. The Kier molecular flexibility index (Phi) is 3.25. The van der Waals surface area contributed by atoms with E-state index >= 15 is 0 Å². The largest absolute Gasteiger partial charge is 0.489 e. The number of nitrogen functional groups attached to an aromatic ring is 1. The molecule has 0 spiro atoms. The Labute approximate surface area is 116 Å². The monoisotopic (exact) mass is 269 g/mol. The number of benzene rings is 1. The summed E-state index contributed by atoms with van der Waals surface area (Å²) in [5.41, 5.74) is 7.95. The van der Waals surface area contributed by atoms with Crippen LogP contribution in [-0.2, 0) is 6.42 Å². The van der Waals surface area contributed by atoms with E-state index in [0.29, 0.717) is 23.7 Å². The van der Waals surface area contributed by atoms with E-state index < -0.39 is 0 Å². The summed E-state index contributed by atoms with van der Waals surface area (Å²) in [6.45, 7) is 1.32. The summed E-state index contributed by atoms with van der Waals surface area (Å²) in [7, 11) is 0. The molecule has 5 nitrogen and oxygen atoms in total. The predicted octanol–water partition coefficient (Wildman–Crippen LogP) is 1.89. The molecular weight excluding hydrogens is 254 g/mol. The van der Waals surface area contributed by atoms with Crippen molar-refractivity contribution in [1.29, 1.82) is 0 Å². The maximum Gasteiger partial charge on any atom is 0.171 e. The van der Waals surface area contributed by atoms with Crippen molar-refractivity contribution < 1.29 is 9.53 Å². The van der Waals surface area contributed by atoms with E-state index in [4.69, 9.17) is 10.5 Å². The van der Waals surface area contributed by atoms with E-state index in [9.17, 15) is 4.79 Å².